The Bertz CT molecular complexity index is 679. The molecule has 1 aromatic carbocycles. The van der Waals surface area contributed by atoms with E-state index in [0.717, 1.165) is 18.4 Å². The Morgan fingerprint density at radius 3 is 2.26 bits per heavy atom. The van der Waals surface area contributed by atoms with Gasteiger partial charge in [0, 0.05) is 6.42 Å². The van der Waals surface area contributed by atoms with Crippen molar-refractivity contribution in [3.05, 3.63) is 17.7 Å². The molecule has 0 atom stereocenters. The highest BCUT2D eigenvalue weighted by molar-refractivity contribution is 5.87. The highest BCUT2D eigenvalue weighted by Crippen LogP contribution is 2.40. The molecular weight excluding hydrogens is 350 g/mol. The van der Waals surface area contributed by atoms with E-state index < -0.39 is 11.5 Å². The number of aryl methyl sites for hydroxylation is 1. The smallest absolute Gasteiger partial charge is 0.329 e. The lowest BCUT2D eigenvalue weighted by Crippen LogP contribution is -2.56. The van der Waals surface area contributed by atoms with Crippen LogP contribution in [0.1, 0.15) is 44.6 Å². The van der Waals surface area contributed by atoms with Gasteiger partial charge >= 0.3 is 5.97 Å². The Kier molecular flexibility index (Phi) is 6.93. The molecule has 1 fully saturated rings. The number of amides is 1. The van der Waals surface area contributed by atoms with E-state index in [1.807, 2.05) is 6.07 Å². The summed E-state index contributed by atoms with van der Waals surface area (Å²) in [5, 5.41) is 12.4. The minimum atomic E-state index is -1.15. The predicted octanol–water partition coefficient (Wildman–Crippen LogP) is 2.79. The zero-order chi connectivity index (χ0) is 20.0. The first-order valence-corrected chi connectivity index (χ1v) is 9.19. The first kappa shape index (κ1) is 20.9. The quantitative estimate of drug-likeness (QED) is 0.721. The number of carbonyl (C=O) groups excluding carboxylic acids is 1. The molecule has 0 spiro atoms. The van der Waals surface area contributed by atoms with Crippen molar-refractivity contribution in [3.63, 3.8) is 0 Å². The average Bonchev–Trinajstić information content (AvgIpc) is 2.67. The van der Waals surface area contributed by atoms with Crippen LogP contribution < -0.4 is 19.5 Å². The van der Waals surface area contributed by atoms with Gasteiger partial charge in [0.05, 0.1) is 21.3 Å². The molecule has 0 bridgehead atoms. The third kappa shape index (κ3) is 4.64. The Morgan fingerprint density at radius 2 is 1.74 bits per heavy atom. The highest BCUT2D eigenvalue weighted by Gasteiger charge is 2.42. The van der Waals surface area contributed by atoms with Crippen LogP contribution >= 0.6 is 0 Å². The fourth-order valence-electron chi connectivity index (χ4n) is 3.58. The Hall–Kier alpha value is -2.44. The first-order chi connectivity index (χ1) is 12.9. The van der Waals surface area contributed by atoms with E-state index in [1.54, 1.807) is 13.2 Å². The maximum atomic E-state index is 12.5. The molecule has 1 amide bonds. The molecule has 27 heavy (non-hydrogen) atoms. The molecule has 1 aliphatic rings. The lowest BCUT2D eigenvalue weighted by Gasteiger charge is -2.36. The van der Waals surface area contributed by atoms with Crippen molar-refractivity contribution in [2.45, 2.75) is 51.0 Å². The Labute approximate surface area is 160 Å². The lowest BCUT2D eigenvalue weighted by atomic mass is 9.77. The third-order valence-electron chi connectivity index (χ3n) is 5.32. The van der Waals surface area contributed by atoms with Crippen LogP contribution in [-0.4, -0.2) is 43.9 Å². The zero-order valence-corrected chi connectivity index (χ0v) is 16.5. The second-order valence-electron chi connectivity index (χ2n) is 7.11. The summed E-state index contributed by atoms with van der Waals surface area (Å²) >= 11 is 0. The van der Waals surface area contributed by atoms with Crippen LogP contribution in [0.5, 0.6) is 17.2 Å². The van der Waals surface area contributed by atoms with Gasteiger partial charge in [0.1, 0.15) is 5.54 Å². The van der Waals surface area contributed by atoms with Crippen LogP contribution in [0.25, 0.3) is 0 Å². The Morgan fingerprint density at radius 1 is 1.11 bits per heavy atom. The summed E-state index contributed by atoms with van der Waals surface area (Å²) in [4.78, 5) is 24.3. The number of nitrogens with one attached hydrogen (secondary N) is 1. The largest absolute Gasteiger partial charge is 0.493 e. The van der Waals surface area contributed by atoms with E-state index in [2.05, 4.69) is 12.2 Å². The molecule has 1 saturated carbocycles. The van der Waals surface area contributed by atoms with E-state index in [1.165, 1.54) is 14.2 Å². The Balaban J connectivity index is 2.08. The van der Waals surface area contributed by atoms with Crippen molar-refractivity contribution in [2.75, 3.05) is 21.3 Å². The molecule has 1 aromatic rings. The molecule has 0 aliphatic heterocycles. The predicted molar refractivity (Wildman–Crippen MR) is 101 cm³/mol. The summed E-state index contributed by atoms with van der Waals surface area (Å²) in [5.74, 6) is 0.801. The number of carbonyl (C=O) groups is 2. The minimum Gasteiger partial charge on any atom is -0.493 e. The van der Waals surface area contributed by atoms with Gasteiger partial charge < -0.3 is 24.6 Å². The van der Waals surface area contributed by atoms with E-state index in [-0.39, 0.29) is 12.3 Å². The standard InChI is InChI=1S/C20H29NO6/c1-13-9-11-20(12-10-13,19(23)24)21-16(22)8-6-14-5-7-15(25-2)18(27-4)17(14)26-3/h5,7,13H,6,8-12H2,1-4H3,(H,21,22)(H,23,24). The van der Waals surface area contributed by atoms with Crippen molar-refractivity contribution in [1.82, 2.24) is 5.32 Å². The van der Waals surface area contributed by atoms with Gasteiger partial charge in [0.25, 0.3) is 0 Å². The second-order valence-corrected chi connectivity index (χ2v) is 7.11. The summed E-state index contributed by atoms with van der Waals surface area (Å²) in [6, 6.07) is 3.58. The highest BCUT2D eigenvalue weighted by atomic mass is 16.5. The number of benzene rings is 1. The SMILES string of the molecule is COc1ccc(CCC(=O)NC2(C(=O)O)CCC(C)CC2)c(OC)c1OC. The molecule has 0 radical (unpaired) electrons. The number of methoxy groups -OCH3 is 3. The van der Waals surface area contributed by atoms with Crippen LogP contribution in [0.15, 0.2) is 12.1 Å². The van der Waals surface area contributed by atoms with Crippen LogP contribution in [-0.2, 0) is 16.0 Å². The van der Waals surface area contributed by atoms with Gasteiger partial charge in [-0.1, -0.05) is 13.0 Å². The topological polar surface area (TPSA) is 94.1 Å². The van der Waals surface area contributed by atoms with Crippen molar-refractivity contribution in [3.8, 4) is 17.2 Å². The van der Waals surface area contributed by atoms with Crippen molar-refractivity contribution in [1.29, 1.82) is 0 Å². The fraction of sp³-hybridized carbons (Fsp3) is 0.600. The third-order valence-corrected chi connectivity index (χ3v) is 5.32. The molecule has 2 rings (SSSR count). The summed E-state index contributed by atoms with van der Waals surface area (Å²) in [6.07, 6.45) is 3.11. The number of carboxylic acid groups (broad SMARTS) is 1. The number of aliphatic carboxylic acids is 1. The van der Waals surface area contributed by atoms with Crippen LogP contribution in [0.4, 0.5) is 0 Å². The summed E-state index contributed by atoms with van der Waals surface area (Å²) in [7, 11) is 4.60. The molecule has 0 unspecified atom stereocenters. The summed E-state index contributed by atoms with van der Waals surface area (Å²) in [5.41, 5.74) is -0.349. The van der Waals surface area contributed by atoms with E-state index in [9.17, 15) is 14.7 Å². The maximum absolute atomic E-state index is 12.5. The minimum absolute atomic E-state index is 0.163. The summed E-state index contributed by atoms with van der Waals surface area (Å²) < 4.78 is 16.0. The van der Waals surface area contributed by atoms with Crippen molar-refractivity contribution < 1.29 is 28.9 Å². The summed E-state index contributed by atoms with van der Waals surface area (Å²) in [6.45, 7) is 2.11. The number of hydrogen-bond acceptors (Lipinski definition) is 5. The maximum Gasteiger partial charge on any atom is 0.329 e. The first-order valence-electron chi connectivity index (χ1n) is 9.19. The lowest BCUT2D eigenvalue weighted by molar-refractivity contribution is -0.149. The molecule has 7 heteroatoms. The van der Waals surface area contributed by atoms with E-state index in [0.29, 0.717) is 42.4 Å². The van der Waals surface area contributed by atoms with Crippen molar-refractivity contribution in [2.24, 2.45) is 5.92 Å². The normalized spacial score (nSPS) is 22.0. The molecule has 0 aromatic heterocycles. The second kappa shape index (κ2) is 8.97. The molecule has 1 aliphatic carbocycles. The van der Waals surface area contributed by atoms with Crippen LogP contribution in [0, 0.1) is 5.92 Å². The monoisotopic (exact) mass is 379 g/mol. The molecule has 0 heterocycles. The van der Waals surface area contributed by atoms with E-state index >= 15 is 0 Å². The van der Waals surface area contributed by atoms with Gasteiger partial charge in [-0.2, -0.15) is 0 Å². The number of hydrogen-bond donors (Lipinski definition) is 2. The van der Waals surface area contributed by atoms with Gasteiger partial charge in [0.15, 0.2) is 11.5 Å². The average molecular weight is 379 g/mol. The molecule has 0 saturated heterocycles. The van der Waals surface area contributed by atoms with Crippen LogP contribution in [0.2, 0.25) is 0 Å². The van der Waals surface area contributed by atoms with Crippen molar-refractivity contribution >= 4 is 11.9 Å². The fourth-order valence-corrected chi connectivity index (χ4v) is 3.58. The van der Waals surface area contributed by atoms with Gasteiger partial charge in [-0.25, -0.2) is 4.79 Å². The molecular formula is C20H29NO6. The van der Waals surface area contributed by atoms with Gasteiger partial charge in [-0.3, -0.25) is 4.79 Å². The zero-order valence-electron chi connectivity index (χ0n) is 16.5. The van der Waals surface area contributed by atoms with Crippen LogP contribution in [0.3, 0.4) is 0 Å². The number of carboxylic acids is 1. The van der Waals surface area contributed by atoms with E-state index in [4.69, 9.17) is 14.2 Å². The molecule has 7 nitrogen and oxygen atoms in total. The molecule has 2 N–H and O–H groups in total. The van der Waals surface area contributed by atoms with Gasteiger partial charge in [-0.05, 0) is 49.7 Å². The molecule has 150 valence electrons. The van der Waals surface area contributed by atoms with Gasteiger partial charge in [0.2, 0.25) is 11.7 Å². The van der Waals surface area contributed by atoms with Gasteiger partial charge in [-0.15, -0.1) is 0 Å². The number of rotatable bonds is 8. The number of ether oxygens (including phenoxy) is 3.